The molecule has 7 heteroatoms. The maximum Gasteiger partial charge on any atom is 0.305 e. The second kappa shape index (κ2) is 9.22. The summed E-state index contributed by atoms with van der Waals surface area (Å²) in [5.74, 6) is -1.08. The van der Waals surface area contributed by atoms with E-state index in [9.17, 15) is 14.4 Å². The summed E-state index contributed by atoms with van der Waals surface area (Å²) in [7, 11) is 3.86. The van der Waals surface area contributed by atoms with Crippen molar-refractivity contribution in [2.45, 2.75) is 39.3 Å². The number of aliphatic carboxylic acids is 1. The normalized spacial score (nSPS) is 12.4. The number of amides is 1. The zero-order valence-electron chi connectivity index (χ0n) is 14.8. The molecule has 1 amide bonds. The van der Waals surface area contributed by atoms with Crippen molar-refractivity contribution in [2.24, 2.45) is 5.92 Å². The molecule has 1 aromatic rings. The molecule has 0 fully saturated rings. The highest BCUT2D eigenvalue weighted by molar-refractivity contribution is 5.80. The largest absolute Gasteiger partial charge is 0.481 e. The van der Waals surface area contributed by atoms with Crippen LogP contribution in [0.2, 0.25) is 0 Å². The summed E-state index contributed by atoms with van der Waals surface area (Å²) >= 11 is 0. The Kier molecular flexibility index (Phi) is 7.64. The lowest BCUT2D eigenvalue weighted by Crippen LogP contribution is -2.38. The van der Waals surface area contributed by atoms with E-state index in [0.29, 0.717) is 13.0 Å². The Bertz CT molecular complexity index is 623. The van der Waals surface area contributed by atoms with Gasteiger partial charge in [0, 0.05) is 25.4 Å². The number of rotatable bonds is 9. The third kappa shape index (κ3) is 6.54. The minimum Gasteiger partial charge on any atom is -0.481 e. The van der Waals surface area contributed by atoms with Crippen LogP contribution in [0.15, 0.2) is 23.1 Å². The van der Waals surface area contributed by atoms with Crippen LogP contribution in [0.3, 0.4) is 0 Å². The van der Waals surface area contributed by atoms with E-state index < -0.39 is 12.0 Å². The van der Waals surface area contributed by atoms with Gasteiger partial charge in [-0.1, -0.05) is 19.9 Å². The van der Waals surface area contributed by atoms with Crippen molar-refractivity contribution in [2.75, 3.05) is 20.6 Å². The first kappa shape index (κ1) is 19.9. The number of carbonyl (C=O) groups is 2. The number of hydrogen-bond donors (Lipinski definition) is 2. The smallest absolute Gasteiger partial charge is 0.305 e. The van der Waals surface area contributed by atoms with Gasteiger partial charge in [0.15, 0.2) is 0 Å². The number of nitrogens with zero attached hydrogens (tertiary/aromatic N) is 2. The fourth-order valence-corrected chi connectivity index (χ4v) is 2.46. The van der Waals surface area contributed by atoms with Gasteiger partial charge in [0.25, 0.3) is 5.56 Å². The lowest BCUT2D eigenvalue weighted by atomic mass is 10.0. The molecule has 0 radical (unpaired) electrons. The summed E-state index contributed by atoms with van der Waals surface area (Å²) in [5, 5.41) is 11.3. The first-order valence-electron chi connectivity index (χ1n) is 8.06. The third-order valence-corrected chi connectivity index (χ3v) is 3.47. The Hall–Kier alpha value is -2.15. The molecule has 0 bridgehead atoms. The third-order valence-electron chi connectivity index (χ3n) is 3.47. The fourth-order valence-electron chi connectivity index (χ4n) is 2.46. The molecule has 2 N–H and O–H groups in total. The average Bonchev–Trinajstić information content (AvgIpc) is 2.45. The molecule has 0 saturated heterocycles. The second-order valence-corrected chi connectivity index (χ2v) is 6.60. The van der Waals surface area contributed by atoms with E-state index >= 15 is 0 Å². The zero-order chi connectivity index (χ0) is 18.3. The molecular weight excluding hydrogens is 310 g/mol. The lowest BCUT2D eigenvalue weighted by molar-refractivity contribution is -0.137. The number of carboxylic acid groups (broad SMARTS) is 1. The van der Waals surface area contributed by atoms with Crippen molar-refractivity contribution in [3.63, 3.8) is 0 Å². The number of carbonyl (C=O) groups excluding carboxylic acids is 1. The van der Waals surface area contributed by atoms with E-state index in [1.165, 1.54) is 10.6 Å². The van der Waals surface area contributed by atoms with Crippen LogP contribution in [-0.2, 0) is 16.1 Å². The van der Waals surface area contributed by atoms with Crippen LogP contribution in [-0.4, -0.2) is 47.1 Å². The molecular formula is C17H27N3O4. The summed E-state index contributed by atoms with van der Waals surface area (Å²) in [6.07, 6.45) is 2.08. The molecule has 0 aliphatic rings. The summed E-state index contributed by atoms with van der Waals surface area (Å²) < 4.78 is 1.45. The van der Waals surface area contributed by atoms with Gasteiger partial charge in [-0.15, -0.1) is 0 Å². The number of aromatic nitrogens is 1. The maximum atomic E-state index is 12.5. The number of carboxylic acids is 1. The van der Waals surface area contributed by atoms with Crippen LogP contribution >= 0.6 is 0 Å². The molecule has 7 nitrogen and oxygen atoms in total. The van der Waals surface area contributed by atoms with Crippen molar-refractivity contribution in [3.8, 4) is 0 Å². The van der Waals surface area contributed by atoms with Crippen molar-refractivity contribution in [1.82, 2.24) is 14.8 Å². The molecule has 1 atom stereocenters. The first-order valence-corrected chi connectivity index (χ1v) is 8.06. The molecule has 134 valence electrons. The van der Waals surface area contributed by atoms with E-state index in [-0.39, 0.29) is 30.3 Å². The quantitative estimate of drug-likeness (QED) is 0.704. The van der Waals surface area contributed by atoms with Crippen LogP contribution in [0.5, 0.6) is 0 Å². The predicted molar refractivity (Wildman–Crippen MR) is 91.8 cm³/mol. The topological polar surface area (TPSA) is 91.6 Å². The van der Waals surface area contributed by atoms with Crippen LogP contribution < -0.4 is 10.9 Å². The fraction of sp³-hybridized carbons (Fsp3) is 0.588. The number of pyridine rings is 1. The highest BCUT2D eigenvalue weighted by Crippen LogP contribution is 2.17. The Balaban J connectivity index is 3.04. The molecule has 0 spiro atoms. The molecule has 1 heterocycles. The van der Waals surface area contributed by atoms with Gasteiger partial charge in [0.05, 0.1) is 6.42 Å². The van der Waals surface area contributed by atoms with E-state index in [0.717, 1.165) is 5.56 Å². The van der Waals surface area contributed by atoms with Crippen LogP contribution in [0, 0.1) is 5.92 Å². The predicted octanol–water partition coefficient (Wildman–Crippen LogP) is 1.09. The summed E-state index contributed by atoms with van der Waals surface area (Å²) in [6.45, 7) is 4.67. The van der Waals surface area contributed by atoms with E-state index in [2.05, 4.69) is 5.32 Å². The molecule has 0 aromatic carbocycles. The molecule has 24 heavy (non-hydrogen) atoms. The van der Waals surface area contributed by atoms with Crippen molar-refractivity contribution in [3.05, 3.63) is 34.2 Å². The van der Waals surface area contributed by atoms with Crippen molar-refractivity contribution >= 4 is 11.9 Å². The van der Waals surface area contributed by atoms with Crippen LogP contribution in [0.25, 0.3) is 0 Å². The monoisotopic (exact) mass is 337 g/mol. The highest BCUT2D eigenvalue weighted by atomic mass is 16.4. The Labute approximate surface area is 142 Å². The molecule has 1 aromatic heterocycles. The standard InChI is InChI=1S/C17H27N3O4/c1-12(2)9-14(17(24)18-8-7-16(22)23)20-11-13(10-19(3)4)5-6-15(20)21/h5-6,11-12,14H,7-10H2,1-4H3,(H,18,24)(H,22,23). The van der Waals surface area contributed by atoms with Gasteiger partial charge in [-0.05, 0) is 32.0 Å². The van der Waals surface area contributed by atoms with Gasteiger partial charge in [0.1, 0.15) is 6.04 Å². The van der Waals surface area contributed by atoms with E-state index in [1.807, 2.05) is 32.8 Å². The average molecular weight is 337 g/mol. The molecule has 1 rings (SSSR count). The minimum atomic E-state index is -0.971. The van der Waals surface area contributed by atoms with Gasteiger partial charge < -0.3 is 19.9 Å². The number of nitrogens with one attached hydrogen (secondary N) is 1. The van der Waals surface area contributed by atoms with E-state index in [1.54, 1.807) is 12.3 Å². The minimum absolute atomic E-state index is 0.0505. The second-order valence-electron chi connectivity index (χ2n) is 6.60. The van der Waals surface area contributed by atoms with Crippen LogP contribution in [0.4, 0.5) is 0 Å². The number of hydrogen-bond acceptors (Lipinski definition) is 4. The molecule has 1 unspecified atom stereocenters. The van der Waals surface area contributed by atoms with Crippen LogP contribution in [0.1, 0.15) is 38.3 Å². The Morgan fingerprint density at radius 2 is 1.96 bits per heavy atom. The van der Waals surface area contributed by atoms with Crippen molar-refractivity contribution < 1.29 is 14.7 Å². The molecule has 0 aliphatic heterocycles. The van der Waals surface area contributed by atoms with Gasteiger partial charge in [-0.25, -0.2) is 0 Å². The summed E-state index contributed by atoms with van der Waals surface area (Å²) in [5.41, 5.74) is 0.697. The Morgan fingerprint density at radius 3 is 2.50 bits per heavy atom. The van der Waals surface area contributed by atoms with Gasteiger partial charge in [-0.3, -0.25) is 14.4 Å². The lowest BCUT2D eigenvalue weighted by Gasteiger charge is -2.22. The van der Waals surface area contributed by atoms with Crippen molar-refractivity contribution in [1.29, 1.82) is 0 Å². The SMILES string of the molecule is CC(C)CC(C(=O)NCCC(=O)O)n1cc(CN(C)C)ccc1=O. The van der Waals surface area contributed by atoms with Gasteiger partial charge in [-0.2, -0.15) is 0 Å². The summed E-state index contributed by atoms with van der Waals surface area (Å²) in [4.78, 5) is 37.3. The first-order chi connectivity index (χ1) is 11.2. The highest BCUT2D eigenvalue weighted by Gasteiger charge is 2.22. The van der Waals surface area contributed by atoms with Gasteiger partial charge in [0.2, 0.25) is 5.91 Å². The maximum absolute atomic E-state index is 12.5. The molecule has 0 aliphatic carbocycles. The zero-order valence-corrected chi connectivity index (χ0v) is 14.8. The molecule has 0 saturated carbocycles. The van der Waals surface area contributed by atoms with Gasteiger partial charge >= 0.3 is 5.97 Å². The van der Waals surface area contributed by atoms with E-state index in [4.69, 9.17) is 5.11 Å². The Morgan fingerprint density at radius 1 is 1.29 bits per heavy atom. The summed E-state index contributed by atoms with van der Waals surface area (Å²) in [6, 6.07) is 2.58.